The Labute approximate surface area is 140 Å². The van der Waals surface area contributed by atoms with Crippen LogP contribution in [0, 0.1) is 5.92 Å². The van der Waals surface area contributed by atoms with E-state index in [-0.39, 0.29) is 5.91 Å². The minimum absolute atomic E-state index is 0.00350. The van der Waals surface area contributed by atoms with Gasteiger partial charge in [-0.25, -0.2) is 0 Å². The number of nitrogens with one attached hydrogen (secondary N) is 1. The molecule has 0 saturated carbocycles. The van der Waals surface area contributed by atoms with E-state index in [0.717, 1.165) is 6.07 Å². The molecular formula is C17H24F3N3O. The molecule has 0 unspecified atom stereocenters. The molecule has 0 bridgehead atoms. The second kappa shape index (κ2) is 7.88. The number of hydrogen-bond donors (Lipinski definition) is 1. The fraction of sp³-hybridized carbons (Fsp3) is 0.588. The third-order valence-corrected chi connectivity index (χ3v) is 3.99. The maximum atomic E-state index is 12.8. The Hall–Kier alpha value is -1.76. The number of piperazine rings is 1. The molecule has 1 aliphatic heterocycles. The highest BCUT2D eigenvalue weighted by atomic mass is 19.4. The number of carbonyl (C=O) groups is 1. The van der Waals surface area contributed by atoms with Crippen LogP contribution in [0.4, 0.5) is 18.9 Å². The minimum Gasteiger partial charge on any atom is -0.369 e. The largest absolute Gasteiger partial charge is 0.416 e. The molecule has 2 rings (SSSR count). The van der Waals surface area contributed by atoms with Crippen molar-refractivity contribution in [2.75, 3.05) is 44.2 Å². The highest BCUT2D eigenvalue weighted by Gasteiger charge is 2.31. The molecule has 4 nitrogen and oxygen atoms in total. The Kier molecular flexibility index (Phi) is 6.10. The first kappa shape index (κ1) is 18.6. The molecule has 1 aromatic carbocycles. The van der Waals surface area contributed by atoms with E-state index in [4.69, 9.17) is 0 Å². The lowest BCUT2D eigenvalue weighted by Gasteiger charge is -2.36. The number of halogens is 3. The zero-order valence-corrected chi connectivity index (χ0v) is 14.1. The van der Waals surface area contributed by atoms with E-state index in [1.165, 1.54) is 12.1 Å². The monoisotopic (exact) mass is 343 g/mol. The summed E-state index contributed by atoms with van der Waals surface area (Å²) < 4.78 is 38.4. The van der Waals surface area contributed by atoms with E-state index < -0.39 is 11.7 Å². The molecule has 1 saturated heterocycles. The number of rotatable bonds is 5. The SMILES string of the molecule is CC(C)CNC(=O)CN1CCN(c2cccc(C(F)(F)F)c2)CC1. The van der Waals surface area contributed by atoms with E-state index in [1.807, 2.05) is 23.6 Å². The highest BCUT2D eigenvalue weighted by molar-refractivity contribution is 5.78. The fourth-order valence-corrected chi connectivity index (χ4v) is 2.62. The van der Waals surface area contributed by atoms with Gasteiger partial charge in [0.2, 0.25) is 5.91 Å². The molecule has 1 aliphatic rings. The smallest absolute Gasteiger partial charge is 0.369 e. The summed E-state index contributed by atoms with van der Waals surface area (Å²) in [5.74, 6) is 0.405. The number of nitrogens with zero attached hydrogens (tertiary/aromatic N) is 2. The van der Waals surface area contributed by atoms with Crippen LogP contribution in [0.2, 0.25) is 0 Å². The van der Waals surface area contributed by atoms with E-state index in [9.17, 15) is 18.0 Å². The predicted octanol–water partition coefficient (Wildman–Crippen LogP) is 2.60. The maximum Gasteiger partial charge on any atom is 0.416 e. The quantitative estimate of drug-likeness (QED) is 0.893. The summed E-state index contributed by atoms with van der Waals surface area (Å²) in [4.78, 5) is 15.8. The summed E-state index contributed by atoms with van der Waals surface area (Å²) >= 11 is 0. The Morgan fingerprint density at radius 2 is 1.88 bits per heavy atom. The van der Waals surface area contributed by atoms with E-state index in [2.05, 4.69) is 5.32 Å². The van der Waals surface area contributed by atoms with Crippen molar-refractivity contribution >= 4 is 11.6 Å². The second-order valence-corrected chi connectivity index (χ2v) is 6.51. The van der Waals surface area contributed by atoms with Crippen molar-refractivity contribution in [1.29, 1.82) is 0 Å². The van der Waals surface area contributed by atoms with Gasteiger partial charge in [-0.2, -0.15) is 13.2 Å². The van der Waals surface area contributed by atoms with E-state index >= 15 is 0 Å². The topological polar surface area (TPSA) is 35.6 Å². The van der Waals surface area contributed by atoms with Gasteiger partial charge in [-0.1, -0.05) is 19.9 Å². The first-order chi connectivity index (χ1) is 11.3. The molecule has 24 heavy (non-hydrogen) atoms. The molecular weight excluding hydrogens is 319 g/mol. The fourth-order valence-electron chi connectivity index (χ4n) is 2.62. The zero-order chi connectivity index (χ0) is 17.7. The van der Waals surface area contributed by atoms with Crippen molar-refractivity contribution in [2.45, 2.75) is 20.0 Å². The van der Waals surface area contributed by atoms with Crippen LogP contribution >= 0.6 is 0 Å². The number of anilines is 1. The van der Waals surface area contributed by atoms with E-state index in [0.29, 0.717) is 50.9 Å². The Bertz CT molecular complexity index is 552. The molecule has 0 aliphatic carbocycles. The van der Waals surface area contributed by atoms with Crippen molar-refractivity contribution in [3.63, 3.8) is 0 Å². The lowest BCUT2D eigenvalue weighted by atomic mass is 10.1. The Morgan fingerprint density at radius 1 is 1.21 bits per heavy atom. The number of carbonyl (C=O) groups excluding carboxylic acids is 1. The third kappa shape index (κ3) is 5.40. The number of amides is 1. The van der Waals surface area contributed by atoms with Crippen molar-refractivity contribution in [3.05, 3.63) is 29.8 Å². The lowest BCUT2D eigenvalue weighted by molar-refractivity contribution is -0.137. The van der Waals surface area contributed by atoms with Crippen LogP contribution in [0.15, 0.2) is 24.3 Å². The number of alkyl halides is 3. The summed E-state index contributed by atoms with van der Waals surface area (Å²) in [6.07, 6.45) is -4.33. The highest BCUT2D eigenvalue weighted by Crippen LogP contribution is 2.31. The summed E-state index contributed by atoms with van der Waals surface area (Å²) in [6.45, 7) is 7.60. The Balaban J connectivity index is 1.86. The van der Waals surface area contributed by atoms with Crippen LogP contribution in [0.1, 0.15) is 19.4 Å². The second-order valence-electron chi connectivity index (χ2n) is 6.51. The van der Waals surface area contributed by atoms with Crippen molar-refractivity contribution in [3.8, 4) is 0 Å². The molecule has 1 heterocycles. The summed E-state index contributed by atoms with van der Waals surface area (Å²) in [6, 6.07) is 5.40. The van der Waals surface area contributed by atoms with Gasteiger partial charge in [0.25, 0.3) is 0 Å². The van der Waals surface area contributed by atoms with Crippen LogP contribution in [-0.4, -0.2) is 50.1 Å². The van der Waals surface area contributed by atoms with Gasteiger partial charge >= 0.3 is 6.18 Å². The molecule has 7 heteroatoms. The average molecular weight is 343 g/mol. The predicted molar refractivity (Wildman–Crippen MR) is 87.9 cm³/mol. The van der Waals surface area contributed by atoms with Gasteiger partial charge < -0.3 is 10.2 Å². The molecule has 0 aromatic heterocycles. The third-order valence-electron chi connectivity index (χ3n) is 3.99. The van der Waals surface area contributed by atoms with Gasteiger partial charge in [0.15, 0.2) is 0 Å². The molecule has 0 radical (unpaired) electrons. The molecule has 0 spiro atoms. The molecule has 134 valence electrons. The van der Waals surface area contributed by atoms with Crippen LogP contribution < -0.4 is 10.2 Å². The van der Waals surface area contributed by atoms with Gasteiger partial charge in [-0.15, -0.1) is 0 Å². The summed E-state index contributed by atoms with van der Waals surface area (Å²) in [7, 11) is 0. The minimum atomic E-state index is -4.33. The zero-order valence-electron chi connectivity index (χ0n) is 14.1. The maximum absolute atomic E-state index is 12.8. The molecule has 0 atom stereocenters. The number of benzene rings is 1. The molecule has 1 amide bonds. The first-order valence-corrected chi connectivity index (χ1v) is 8.17. The lowest BCUT2D eigenvalue weighted by Crippen LogP contribution is -2.49. The number of hydrogen-bond acceptors (Lipinski definition) is 3. The van der Waals surface area contributed by atoms with E-state index in [1.54, 1.807) is 6.07 Å². The van der Waals surface area contributed by atoms with Crippen molar-refractivity contribution < 1.29 is 18.0 Å². The van der Waals surface area contributed by atoms with Crippen molar-refractivity contribution in [1.82, 2.24) is 10.2 Å². The summed E-state index contributed by atoms with van der Waals surface area (Å²) in [5.41, 5.74) is -0.0516. The first-order valence-electron chi connectivity index (χ1n) is 8.17. The van der Waals surface area contributed by atoms with Crippen LogP contribution in [0.25, 0.3) is 0 Å². The van der Waals surface area contributed by atoms with Crippen LogP contribution in [0.3, 0.4) is 0 Å². The normalized spacial score (nSPS) is 16.5. The van der Waals surface area contributed by atoms with Gasteiger partial charge in [-0.3, -0.25) is 9.69 Å². The standard InChI is InChI=1S/C17H24F3N3O/c1-13(2)11-21-16(24)12-22-6-8-23(9-7-22)15-5-3-4-14(10-15)17(18,19)20/h3-5,10,13H,6-9,11-12H2,1-2H3,(H,21,24). The van der Waals surface area contributed by atoms with Gasteiger partial charge in [0.05, 0.1) is 12.1 Å². The van der Waals surface area contributed by atoms with Gasteiger partial charge in [-0.05, 0) is 24.1 Å². The molecule has 1 N–H and O–H groups in total. The average Bonchev–Trinajstić information content (AvgIpc) is 2.53. The van der Waals surface area contributed by atoms with Crippen LogP contribution in [-0.2, 0) is 11.0 Å². The van der Waals surface area contributed by atoms with Gasteiger partial charge in [0.1, 0.15) is 0 Å². The molecule has 1 fully saturated rings. The Morgan fingerprint density at radius 3 is 2.46 bits per heavy atom. The molecule has 1 aromatic rings. The van der Waals surface area contributed by atoms with Gasteiger partial charge in [0, 0.05) is 38.4 Å². The van der Waals surface area contributed by atoms with Crippen LogP contribution in [0.5, 0.6) is 0 Å². The summed E-state index contributed by atoms with van der Waals surface area (Å²) in [5, 5.41) is 2.88. The van der Waals surface area contributed by atoms with Crippen molar-refractivity contribution in [2.24, 2.45) is 5.92 Å².